The average Bonchev–Trinajstić information content (AvgIpc) is 2.62. The molecule has 0 unspecified atom stereocenters. The molecule has 0 bridgehead atoms. The third kappa shape index (κ3) is 5.64. The van der Waals surface area contributed by atoms with Gasteiger partial charge in [0, 0.05) is 5.69 Å². The number of anilines is 1. The number of carbonyl (C=O) groups excluding carboxylic acids is 2. The molecule has 5 nitrogen and oxygen atoms in total. The molecule has 0 atom stereocenters. The van der Waals surface area contributed by atoms with E-state index >= 15 is 0 Å². The van der Waals surface area contributed by atoms with Gasteiger partial charge in [-0.1, -0.05) is 25.1 Å². The average molecular weight is 340 g/mol. The fourth-order valence-electron chi connectivity index (χ4n) is 2.23. The number of nitrogens with one attached hydrogen (secondary N) is 2. The van der Waals surface area contributed by atoms with Crippen molar-refractivity contribution in [3.8, 4) is 5.75 Å². The van der Waals surface area contributed by atoms with Crippen LogP contribution in [0.4, 0.5) is 5.69 Å². The molecule has 0 aliphatic heterocycles. The quantitative estimate of drug-likeness (QED) is 0.627. The van der Waals surface area contributed by atoms with E-state index in [4.69, 9.17) is 4.74 Å². The summed E-state index contributed by atoms with van der Waals surface area (Å²) in [5.74, 6) is -0.614. The lowest BCUT2D eigenvalue weighted by Crippen LogP contribution is -2.37. The van der Waals surface area contributed by atoms with Crippen molar-refractivity contribution in [2.45, 2.75) is 27.2 Å². The number of hydrogen-bond donors (Lipinski definition) is 2. The number of amides is 2. The van der Waals surface area contributed by atoms with Gasteiger partial charge in [0.25, 0.3) is 0 Å². The number of aryl methyl sites for hydroxylation is 3. The van der Waals surface area contributed by atoms with Gasteiger partial charge >= 0.3 is 11.8 Å². The van der Waals surface area contributed by atoms with Crippen molar-refractivity contribution >= 4 is 17.5 Å². The largest absolute Gasteiger partial charge is 0.492 e. The van der Waals surface area contributed by atoms with Crippen LogP contribution in [0.5, 0.6) is 5.75 Å². The molecule has 0 aliphatic rings. The number of ether oxygens (including phenoxy) is 1. The van der Waals surface area contributed by atoms with E-state index in [2.05, 4.69) is 17.6 Å². The minimum atomic E-state index is -0.685. The molecule has 0 fully saturated rings. The Labute approximate surface area is 148 Å². The van der Waals surface area contributed by atoms with E-state index in [0.717, 1.165) is 17.7 Å². The van der Waals surface area contributed by atoms with Crippen molar-refractivity contribution in [3.05, 3.63) is 59.2 Å². The van der Waals surface area contributed by atoms with Crippen LogP contribution < -0.4 is 15.4 Å². The normalized spacial score (nSPS) is 10.2. The Morgan fingerprint density at radius 2 is 1.68 bits per heavy atom. The van der Waals surface area contributed by atoms with Crippen LogP contribution in [0, 0.1) is 13.8 Å². The van der Waals surface area contributed by atoms with Gasteiger partial charge in [-0.25, -0.2) is 0 Å². The second-order valence-corrected chi connectivity index (χ2v) is 5.86. The molecule has 25 heavy (non-hydrogen) atoms. The lowest BCUT2D eigenvalue weighted by Gasteiger charge is -2.09. The highest BCUT2D eigenvalue weighted by Gasteiger charge is 2.13. The summed E-state index contributed by atoms with van der Waals surface area (Å²) < 4.78 is 5.57. The Morgan fingerprint density at radius 3 is 2.32 bits per heavy atom. The molecule has 0 spiro atoms. The van der Waals surface area contributed by atoms with E-state index < -0.39 is 11.8 Å². The first-order valence-corrected chi connectivity index (χ1v) is 8.37. The van der Waals surface area contributed by atoms with Crippen LogP contribution in [0.15, 0.2) is 42.5 Å². The van der Waals surface area contributed by atoms with Gasteiger partial charge in [-0.2, -0.15) is 0 Å². The molecule has 2 aromatic rings. The zero-order valence-corrected chi connectivity index (χ0v) is 14.9. The van der Waals surface area contributed by atoms with Crippen molar-refractivity contribution in [2.75, 3.05) is 18.5 Å². The fourth-order valence-corrected chi connectivity index (χ4v) is 2.23. The number of hydrogen-bond acceptors (Lipinski definition) is 3. The van der Waals surface area contributed by atoms with E-state index in [1.54, 1.807) is 12.1 Å². The van der Waals surface area contributed by atoms with E-state index in [1.807, 2.05) is 44.2 Å². The summed E-state index contributed by atoms with van der Waals surface area (Å²) >= 11 is 0. The number of rotatable bonds is 6. The lowest BCUT2D eigenvalue weighted by molar-refractivity contribution is -0.136. The van der Waals surface area contributed by atoms with E-state index in [9.17, 15) is 9.59 Å². The topological polar surface area (TPSA) is 67.4 Å². The van der Waals surface area contributed by atoms with Crippen LogP contribution in [0.1, 0.15) is 23.6 Å². The maximum Gasteiger partial charge on any atom is 0.313 e. The monoisotopic (exact) mass is 340 g/mol. The maximum atomic E-state index is 11.8. The van der Waals surface area contributed by atoms with Gasteiger partial charge in [0.2, 0.25) is 0 Å². The first-order chi connectivity index (χ1) is 12.0. The smallest absolute Gasteiger partial charge is 0.313 e. The highest BCUT2D eigenvalue weighted by atomic mass is 16.5. The first-order valence-electron chi connectivity index (χ1n) is 8.37. The number of carbonyl (C=O) groups is 2. The summed E-state index contributed by atoms with van der Waals surface area (Å²) in [7, 11) is 0. The van der Waals surface area contributed by atoms with Crippen molar-refractivity contribution in [1.82, 2.24) is 5.32 Å². The Morgan fingerprint density at radius 1 is 0.960 bits per heavy atom. The second kappa shape index (κ2) is 8.87. The van der Waals surface area contributed by atoms with Crippen LogP contribution >= 0.6 is 0 Å². The summed E-state index contributed by atoms with van der Waals surface area (Å²) in [5.41, 5.74) is 4.12. The third-order valence-electron chi connectivity index (χ3n) is 3.96. The van der Waals surface area contributed by atoms with Gasteiger partial charge in [-0.15, -0.1) is 0 Å². The van der Waals surface area contributed by atoms with Gasteiger partial charge in [0.05, 0.1) is 6.54 Å². The van der Waals surface area contributed by atoms with Gasteiger partial charge in [0.15, 0.2) is 0 Å². The molecule has 5 heteroatoms. The van der Waals surface area contributed by atoms with E-state index in [0.29, 0.717) is 12.3 Å². The Balaban J connectivity index is 1.73. The van der Waals surface area contributed by atoms with Crippen LogP contribution in [0.3, 0.4) is 0 Å². The predicted molar refractivity (Wildman–Crippen MR) is 98.9 cm³/mol. The van der Waals surface area contributed by atoms with E-state index in [1.165, 1.54) is 11.1 Å². The van der Waals surface area contributed by atoms with Crippen LogP contribution in [0.2, 0.25) is 0 Å². The van der Waals surface area contributed by atoms with Crippen LogP contribution in [-0.4, -0.2) is 25.0 Å². The summed E-state index contributed by atoms with van der Waals surface area (Å²) in [6.45, 7) is 6.66. The molecule has 0 saturated heterocycles. The Hall–Kier alpha value is -2.82. The second-order valence-electron chi connectivity index (χ2n) is 5.86. The molecule has 2 aromatic carbocycles. The standard InChI is InChI=1S/C20H24N2O3/c1-4-16-6-8-17(9-7-16)22-20(24)19(23)21-11-12-25-18-10-5-14(2)15(3)13-18/h5-10,13H,4,11-12H2,1-3H3,(H,21,23)(H,22,24). The Kier molecular flexibility index (Phi) is 6.57. The molecule has 2 N–H and O–H groups in total. The summed E-state index contributed by atoms with van der Waals surface area (Å²) in [5, 5.41) is 5.12. The number of benzene rings is 2. The first kappa shape index (κ1) is 18.5. The fraction of sp³-hybridized carbons (Fsp3) is 0.300. The van der Waals surface area contributed by atoms with Gasteiger partial charge in [0.1, 0.15) is 12.4 Å². The predicted octanol–water partition coefficient (Wildman–Crippen LogP) is 3.00. The molecular weight excluding hydrogens is 316 g/mol. The van der Waals surface area contributed by atoms with Gasteiger partial charge in [-0.3, -0.25) is 9.59 Å². The summed E-state index contributed by atoms with van der Waals surface area (Å²) in [6.07, 6.45) is 0.926. The minimum Gasteiger partial charge on any atom is -0.492 e. The molecule has 0 aromatic heterocycles. The highest BCUT2D eigenvalue weighted by Crippen LogP contribution is 2.16. The SMILES string of the molecule is CCc1ccc(NC(=O)C(=O)NCCOc2ccc(C)c(C)c2)cc1. The van der Waals surface area contributed by atoms with Crippen LogP contribution in [-0.2, 0) is 16.0 Å². The summed E-state index contributed by atoms with van der Waals surface area (Å²) in [4.78, 5) is 23.7. The molecule has 0 heterocycles. The molecule has 0 radical (unpaired) electrons. The zero-order valence-electron chi connectivity index (χ0n) is 14.9. The van der Waals surface area contributed by atoms with Crippen molar-refractivity contribution in [2.24, 2.45) is 0 Å². The summed E-state index contributed by atoms with van der Waals surface area (Å²) in [6, 6.07) is 13.2. The van der Waals surface area contributed by atoms with Gasteiger partial charge in [-0.05, 0) is 61.2 Å². The third-order valence-corrected chi connectivity index (χ3v) is 3.96. The van der Waals surface area contributed by atoms with E-state index in [-0.39, 0.29) is 6.54 Å². The van der Waals surface area contributed by atoms with Crippen molar-refractivity contribution in [1.29, 1.82) is 0 Å². The minimum absolute atomic E-state index is 0.258. The maximum absolute atomic E-state index is 11.8. The molecule has 132 valence electrons. The lowest BCUT2D eigenvalue weighted by atomic mass is 10.1. The zero-order chi connectivity index (χ0) is 18.2. The molecule has 0 saturated carbocycles. The molecular formula is C20H24N2O3. The molecule has 0 aliphatic carbocycles. The van der Waals surface area contributed by atoms with Crippen molar-refractivity contribution in [3.63, 3.8) is 0 Å². The molecule has 2 amide bonds. The van der Waals surface area contributed by atoms with Crippen molar-refractivity contribution < 1.29 is 14.3 Å². The Bertz CT molecular complexity index is 739. The highest BCUT2D eigenvalue weighted by molar-refractivity contribution is 6.39. The van der Waals surface area contributed by atoms with Crippen LogP contribution in [0.25, 0.3) is 0 Å². The van der Waals surface area contributed by atoms with Gasteiger partial charge < -0.3 is 15.4 Å². The molecule has 2 rings (SSSR count).